The first-order valence-electron chi connectivity index (χ1n) is 14.2. The predicted octanol–water partition coefficient (Wildman–Crippen LogP) is 6.64. The molecule has 0 saturated carbocycles. The van der Waals surface area contributed by atoms with E-state index in [2.05, 4.69) is 19.2 Å². The number of ether oxygens (including phenoxy) is 2. The maximum absolute atomic E-state index is 12.7. The van der Waals surface area contributed by atoms with E-state index in [-0.39, 0.29) is 30.1 Å². The summed E-state index contributed by atoms with van der Waals surface area (Å²) in [4.78, 5) is 35.7. The lowest BCUT2D eigenvalue weighted by atomic mass is 9.86. The molecule has 1 aliphatic heterocycles. The standard InChI is InChI=1S/C28H51NO5/c1-4-7-9-11-12-13-14-15-16-19-23(33-28(32)25(18-6-3)29-22-30)21-26-24(27(31)34-26)20-17-10-8-5-2/h22-26H,4-21H2,1-3H3,(H,29,30)/t23-,24-,25-,26-/m0/s1. The quantitative estimate of drug-likeness (QED) is 0.101. The third-order valence-electron chi connectivity index (χ3n) is 6.93. The highest BCUT2D eigenvalue weighted by atomic mass is 16.6. The molecule has 0 unspecified atom stereocenters. The van der Waals surface area contributed by atoms with E-state index in [4.69, 9.17) is 9.47 Å². The van der Waals surface area contributed by atoms with Crippen LogP contribution in [0, 0.1) is 5.92 Å². The molecular formula is C28H51NO5. The van der Waals surface area contributed by atoms with Gasteiger partial charge in [0.1, 0.15) is 18.2 Å². The molecule has 0 aromatic heterocycles. The Labute approximate surface area is 208 Å². The molecule has 1 rings (SSSR count). The molecule has 0 aliphatic carbocycles. The van der Waals surface area contributed by atoms with E-state index in [0.717, 1.165) is 44.9 Å². The van der Waals surface area contributed by atoms with E-state index in [0.29, 0.717) is 19.3 Å². The van der Waals surface area contributed by atoms with Crippen molar-refractivity contribution in [2.75, 3.05) is 0 Å². The highest BCUT2D eigenvalue weighted by molar-refractivity contribution is 5.79. The van der Waals surface area contributed by atoms with Crippen LogP contribution >= 0.6 is 0 Å². The average Bonchev–Trinajstić information content (AvgIpc) is 2.82. The normalized spacial score (nSPS) is 19.1. The molecule has 1 amide bonds. The van der Waals surface area contributed by atoms with Crippen LogP contribution < -0.4 is 5.32 Å². The lowest BCUT2D eigenvalue weighted by Crippen LogP contribution is -2.48. The van der Waals surface area contributed by atoms with E-state index >= 15 is 0 Å². The Morgan fingerprint density at radius 3 is 2.03 bits per heavy atom. The van der Waals surface area contributed by atoms with Crippen LogP contribution in [0.1, 0.15) is 136 Å². The molecule has 4 atom stereocenters. The number of hydrogen-bond acceptors (Lipinski definition) is 5. The highest BCUT2D eigenvalue weighted by Gasteiger charge is 2.43. The molecule has 198 valence electrons. The van der Waals surface area contributed by atoms with E-state index in [9.17, 15) is 14.4 Å². The fraction of sp³-hybridized carbons (Fsp3) is 0.893. The molecule has 0 aromatic carbocycles. The lowest BCUT2D eigenvalue weighted by molar-refractivity contribution is -0.190. The Bertz CT molecular complexity index is 553. The van der Waals surface area contributed by atoms with Gasteiger partial charge in [-0.05, 0) is 25.7 Å². The molecule has 0 spiro atoms. The second-order valence-electron chi connectivity index (χ2n) is 9.97. The molecule has 0 aromatic rings. The molecule has 1 fully saturated rings. The zero-order valence-corrected chi connectivity index (χ0v) is 22.2. The van der Waals surface area contributed by atoms with Crippen LogP contribution in [0.5, 0.6) is 0 Å². The summed E-state index contributed by atoms with van der Waals surface area (Å²) < 4.78 is 11.3. The van der Waals surface area contributed by atoms with Gasteiger partial charge in [0, 0.05) is 6.42 Å². The number of amides is 1. The third-order valence-corrected chi connectivity index (χ3v) is 6.93. The summed E-state index contributed by atoms with van der Waals surface area (Å²) in [6.45, 7) is 6.39. The first kappa shape index (κ1) is 30.4. The number of carbonyl (C=O) groups is 3. The van der Waals surface area contributed by atoms with Crippen molar-refractivity contribution in [3.63, 3.8) is 0 Å². The minimum Gasteiger partial charge on any atom is -0.461 e. The molecule has 0 radical (unpaired) electrons. The summed E-state index contributed by atoms with van der Waals surface area (Å²) in [6, 6.07) is -0.609. The van der Waals surface area contributed by atoms with Crippen LogP contribution in [0.4, 0.5) is 0 Å². The number of carbonyl (C=O) groups excluding carboxylic acids is 3. The largest absolute Gasteiger partial charge is 0.461 e. The first-order chi connectivity index (χ1) is 16.6. The summed E-state index contributed by atoms with van der Waals surface area (Å²) >= 11 is 0. The monoisotopic (exact) mass is 481 g/mol. The zero-order chi connectivity index (χ0) is 25.0. The van der Waals surface area contributed by atoms with Gasteiger partial charge < -0.3 is 14.8 Å². The molecule has 34 heavy (non-hydrogen) atoms. The van der Waals surface area contributed by atoms with Crippen LogP contribution in [0.3, 0.4) is 0 Å². The first-order valence-corrected chi connectivity index (χ1v) is 14.2. The van der Waals surface area contributed by atoms with Crippen LogP contribution in [0.2, 0.25) is 0 Å². The van der Waals surface area contributed by atoms with Gasteiger partial charge in [0.05, 0.1) is 5.92 Å². The van der Waals surface area contributed by atoms with Gasteiger partial charge in [0.2, 0.25) is 6.41 Å². The SMILES string of the molecule is CCCCCCCCCCC[C@@H](C[C@@H]1OC(=O)[C@H]1CCCCCC)OC(=O)[C@H](CCC)NC=O. The van der Waals surface area contributed by atoms with Crippen molar-refractivity contribution in [3.05, 3.63) is 0 Å². The van der Waals surface area contributed by atoms with Gasteiger partial charge in [-0.25, -0.2) is 4.79 Å². The van der Waals surface area contributed by atoms with Crippen molar-refractivity contribution < 1.29 is 23.9 Å². The lowest BCUT2D eigenvalue weighted by Gasteiger charge is -2.37. The zero-order valence-electron chi connectivity index (χ0n) is 22.2. The van der Waals surface area contributed by atoms with Crippen molar-refractivity contribution in [1.29, 1.82) is 0 Å². The molecular weight excluding hydrogens is 430 g/mol. The highest BCUT2D eigenvalue weighted by Crippen LogP contribution is 2.32. The van der Waals surface area contributed by atoms with Crippen molar-refractivity contribution in [1.82, 2.24) is 5.32 Å². The summed E-state index contributed by atoms with van der Waals surface area (Å²) in [5, 5.41) is 2.59. The number of cyclic esters (lactones) is 1. The Balaban J connectivity index is 2.53. The number of rotatable bonds is 23. The van der Waals surface area contributed by atoms with E-state index in [1.165, 1.54) is 57.8 Å². The van der Waals surface area contributed by atoms with Gasteiger partial charge in [0.15, 0.2) is 0 Å². The fourth-order valence-electron chi connectivity index (χ4n) is 4.76. The van der Waals surface area contributed by atoms with Gasteiger partial charge in [-0.1, -0.05) is 104 Å². The summed E-state index contributed by atoms with van der Waals surface area (Å²) in [5.74, 6) is -0.554. The smallest absolute Gasteiger partial charge is 0.328 e. The van der Waals surface area contributed by atoms with Crippen molar-refractivity contribution in [2.24, 2.45) is 5.92 Å². The van der Waals surface area contributed by atoms with Gasteiger partial charge in [-0.2, -0.15) is 0 Å². The van der Waals surface area contributed by atoms with Crippen LogP contribution in [0.15, 0.2) is 0 Å². The third kappa shape index (κ3) is 12.8. The Morgan fingerprint density at radius 2 is 1.47 bits per heavy atom. The minimum atomic E-state index is -0.609. The van der Waals surface area contributed by atoms with Crippen LogP contribution in [-0.2, 0) is 23.9 Å². The molecule has 1 saturated heterocycles. The molecule has 1 aliphatic rings. The van der Waals surface area contributed by atoms with Gasteiger partial charge in [0.25, 0.3) is 0 Å². The van der Waals surface area contributed by atoms with E-state index in [1.54, 1.807) is 0 Å². The summed E-state index contributed by atoms with van der Waals surface area (Å²) in [5.41, 5.74) is 0. The topological polar surface area (TPSA) is 81.7 Å². The molecule has 0 bridgehead atoms. The summed E-state index contributed by atoms with van der Waals surface area (Å²) in [6.07, 6.45) is 19.3. The number of esters is 2. The van der Waals surface area contributed by atoms with Gasteiger partial charge >= 0.3 is 11.9 Å². The Morgan fingerprint density at radius 1 is 0.882 bits per heavy atom. The maximum atomic E-state index is 12.7. The maximum Gasteiger partial charge on any atom is 0.328 e. The number of hydrogen-bond donors (Lipinski definition) is 1. The van der Waals surface area contributed by atoms with Crippen LogP contribution in [0.25, 0.3) is 0 Å². The van der Waals surface area contributed by atoms with Gasteiger partial charge in [-0.3, -0.25) is 9.59 Å². The van der Waals surface area contributed by atoms with Crippen molar-refractivity contribution in [3.8, 4) is 0 Å². The minimum absolute atomic E-state index is 0.0688. The van der Waals surface area contributed by atoms with Crippen molar-refractivity contribution >= 4 is 18.3 Å². The molecule has 6 nitrogen and oxygen atoms in total. The number of unbranched alkanes of at least 4 members (excludes halogenated alkanes) is 11. The molecule has 6 heteroatoms. The fourth-order valence-corrected chi connectivity index (χ4v) is 4.76. The van der Waals surface area contributed by atoms with Gasteiger partial charge in [-0.15, -0.1) is 0 Å². The second-order valence-corrected chi connectivity index (χ2v) is 9.97. The molecule has 1 heterocycles. The van der Waals surface area contributed by atoms with Crippen molar-refractivity contribution in [2.45, 2.75) is 155 Å². The summed E-state index contributed by atoms with van der Waals surface area (Å²) in [7, 11) is 0. The second kappa shape index (κ2) is 19.7. The molecule has 1 N–H and O–H groups in total. The van der Waals surface area contributed by atoms with Crippen LogP contribution in [-0.4, -0.2) is 36.6 Å². The van der Waals surface area contributed by atoms with E-state index < -0.39 is 6.04 Å². The average molecular weight is 482 g/mol. The predicted molar refractivity (Wildman–Crippen MR) is 136 cm³/mol. The Hall–Kier alpha value is -1.59. The Kier molecular flexibility index (Phi) is 17.6. The van der Waals surface area contributed by atoms with E-state index in [1.807, 2.05) is 6.92 Å². The number of nitrogens with one attached hydrogen (secondary N) is 1.